The van der Waals surface area contributed by atoms with Gasteiger partial charge in [-0.25, -0.2) is 0 Å². The van der Waals surface area contributed by atoms with Crippen LogP contribution in [0.5, 0.6) is 5.75 Å². The van der Waals surface area contributed by atoms with Crippen LogP contribution in [0, 0.1) is 0 Å². The summed E-state index contributed by atoms with van der Waals surface area (Å²) in [5.74, 6) is 0.865. The molecule has 18 heavy (non-hydrogen) atoms. The minimum absolute atomic E-state index is 0.267. The predicted molar refractivity (Wildman–Crippen MR) is 73.0 cm³/mol. The highest BCUT2D eigenvalue weighted by Gasteiger charge is 2.14. The summed E-state index contributed by atoms with van der Waals surface area (Å²) in [7, 11) is 1.67. The summed E-state index contributed by atoms with van der Waals surface area (Å²) in [6.45, 7) is 3.07. The van der Waals surface area contributed by atoms with Crippen LogP contribution < -0.4 is 4.74 Å². The lowest BCUT2D eigenvalue weighted by molar-refractivity contribution is 0.101. The summed E-state index contributed by atoms with van der Waals surface area (Å²) in [5.41, 5.74) is 1.17. The van der Waals surface area contributed by atoms with Crippen LogP contribution in [-0.4, -0.2) is 42.9 Å². The van der Waals surface area contributed by atoms with E-state index in [9.17, 15) is 5.11 Å². The third kappa shape index (κ3) is 4.00. The maximum Gasteiger partial charge on any atom is 0.118 e. The minimum atomic E-state index is -0.267. The number of benzene rings is 1. The first-order chi connectivity index (χ1) is 8.78. The fraction of sp³-hybridized carbons (Fsp3) is 0.600. The Morgan fingerprint density at radius 3 is 2.44 bits per heavy atom. The fourth-order valence-electron chi connectivity index (χ4n) is 2.54. The second-order valence-electron chi connectivity index (χ2n) is 5.07. The van der Waals surface area contributed by atoms with Gasteiger partial charge in [-0.3, -0.25) is 0 Å². The Morgan fingerprint density at radius 2 is 1.83 bits per heavy atom. The summed E-state index contributed by atoms with van der Waals surface area (Å²) < 4.78 is 5.12. The molecule has 0 aromatic heterocycles. The fourth-order valence-corrected chi connectivity index (χ4v) is 2.54. The van der Waals surface area contributed by atoms with Crippen molar-refractivity contribution in [3.63, 3.8) is 0 Å². The molecule has 3 nitrogen and oxygen atoms in total. The summed E-state index contributed by atoms with van der Waals surface area (Å²) in [5, 5.41) is 10.1. The number of rotatable bonds is 5. The molecule has 1 atom stereocenters. The van der Waals surface area contributed by atoms with Crippen molar-refractivity contribution in [2.24, 2.45) is 0 Å². The van der Waals surface area contributed by atoms with Gasteiger partial charge in [0.1, 0.15) is 5.75 Å². The number of aliphatic hydroxyl groups excluding tert-OH is 1. The molecule has 0 bridgehead atoms. The number of hydrogen-bond acceptors (Lipinski definition) is 3. The van der Waals surface area contributed by atoms with E-state index in [-0.39, 0.29) is 6.10 Å². The van der Waals surface area contributed by atoms with Crippen molar-refractivity contribution >= 4 is 0 Å². The van der Waals surface area contributed by atoms with Crippen molar-refractivity contribution in [3.05, 3.63) is 29.8 Å². The summed E-state index contributed by atoms with van der Waals surface area (Å²) >= 11 is 0. The summed E-state index contributed by atoms with van der Waals surface area (Å²) in [6.07, 6.45) is 4.34. The van der Waals surface area contributed by atoms with Crippen LogP contribution in [0.3, 0.4) is 0 Å². The number of hydrogen-bond donors (Lipinski definition) is 1. The Balaban J connectivity index is 1.80. The summed E-state index contributed by atoms with van der Waals surface area (Å²) in [4.78, 5) is 2.37. The number of likely N-dealkylation sites (tertiary alicyclic amines) is 1. The van der Waals surface area contributed by atoms with Crippen LogP contribution in [-0.2, 0) is 6.42 Å². The molecule has 1 N–H and O–H groups in total. The first kappa shape index (κ1) is 13.4. The molecule has 0 amide bonds. The molecule has 1 aromatic carbocycles. The Hall–Kier alpha value is -1.06. The topological polar surface area (TPSA) is 32.7 Å². The van der Waals surface area contributed by atoms with Crippen molar-refractivity contribution in [1.82, 2.24) is 4.90 Å². The van der Waals surface area contributed by atoms with Gasteiger partial charge in [-0.05, 0) is 50.0 Å². The molecule has 0 radical (unpaired) electrons. The quantitative estimate of drug-likeness (QED) is 0.867. The van der Waals surface area contributed by atoms with Gasteiger partial charge in [0.2, 0.25) is 0 Å². The largest absolute Gasteiger partial charge is 0.497 e. The van der Waals surface area contributed by atoms with Crippen LogP contribution in [0.1, 0.15) is 24.8 Å². The van der Waals surface area contributed by atoms with E-state index >= 15 is 0 Å². The van der Waals surface area contributed by atoms with Gasteiger partial charge >= 0.3 is 0 Å². The predicted octanol–water partition coefficient (Wildman–Crippen LogP) is 2.08. The van der Waals surface area contributed by atoms with Gasteiger partial charge in [0, 0.05) is 6.54 Å². The highest BCUT2D eigenvalue weighted by atomic mass is 16.5. The maximum atomic E-state index is 10.1. The van der Waals surface area contributed by atoms with E-state index in [1.165, 1.54) is 24.8 Å². The van der Waals surface area contributed by atoms with Gasteiger partial charge < -0.3 is 14.7 Å². The van der Waals surface area contributed by atoms with E-state index in [0.29, 0.717) is 0 Å². The lowest BCUT2D eigenvalue weighted by Crippen LogP contribution is -2.37. The number of aliphatic hydroxyl groups is 1. The van der Waals surface area contributed by atoms with E-state index in [1.54, 1.807) is 7.11 Å². The van der Waals surface area contributed by atoms with Gasteiger partial charge in [0.25, 0.3) is 0 Å². The molecular weight excluding hydrogens is 226 g/mol. The monoisotopic (exact) mass is 249 g/mol. The normalized spacial score (nSPS) is 18.6. The van der Waals surface area contributed by atoms with E-state index in [2.05, 4.69) is 4.90 Å². The Kier molecular flexibility index (Phi) is 5.02. The lowest BCUT2D eigenvalue weighted by Gasteiger charge is -2.28. The molecular formula is C15H23NO2. The molecule has 1 aliphatic rings. The van der Waals surface area contributed by atoms with E-state index in [4.69, 9.17) is 4.74 Å². The van der Waals surface area contributed by atoms with Crippen LogP contribution in [0.2, 0.25) is 0 Å². The number of piperidine rings is 1. The zero-order valence-corrected chi connectivity index (χ0v) is 11.1. The molecule has 0 unspecified atom stereocenters. The van der Waals surface area contributed by atoms with Gasteiger partial charge in [0.05, 0.1) is 13.2 Å². The van der Waals surface area contributed by atoms with Gasteiger partial charge in [-0.2, -0.15) is 0 Å². The smallest absolute Gasteiger partial charge is 0.118 e. The molecule has 3 heteroatoms. The molecule has 1 saturated heterocycles. The molecule has 2 rings (SSSR count). The van der Waals surface area contributed by atoms with Crippen molar-refractivity contribution in [2.75, 3.05) is 26.7 Å². The van der Waals surface area contributed by atoms with Crippen molar-refractivity contribution < 1.29 is 9.84 Å². The van der Waals surface area contributed by atoms with Crippen LogP contribution in [0.4, 0.5) is 0 Å². The van der Waals surface area contributed by atoms with Crippen molar-refractivity contribution in [2.45, 2.75) is 31.8 Å². The van der Waals surface area contributed by atoms with Gasteiger partial charge in [0.15, 0.2) is 0 Å². The molecule has 0 spiro atoms. The number of ether oxygens (including phenoxy) is 1. The van der Waals surface area contributed by atoms with Gasteiger partial charge in [-0.15, -0.1) is 0 Å². The summed E-state index contributed by atoms with van der Waals surface area (Å²) in [6, 6.07) is 7.95. The molecule has 0 aliphatic carbocycles. The molecule has 1 aromatic rings. The third-order valence-electron chi connectivity index (χ3n) is 3.55. The lowest BCUT2D eigenvalue weighted by atomic mass is 10.1. The third-order valence-corrected chi connectivity index (χ3v) is 3.55. The van der Waals surface area contributed by atoms with E-state index < -0.39 is 0 Å². The maximum absolute atomic E-state index is 10.1. The first-order valence-corrected chi connectivity index (χ1v) is 6.81. The van der Waals surface area contributed by atoms with E-state index in [0.717, 1.165) is 31.8 Å². The molecule has 1 fully saturated rings. The minimum Gasteiger partial charge on any atom is -0.497 e. The van der Waals surface area contributed by atoms with Crippen LogP contribution >= 0.6 is 0 Å². The SMILES string of the molecule is COc1ccc(C[C@H](O)CN2CCCCC2)cc1. The standard InChI is InChI=1S/C15H23NO2/c1-18-15-7-5-13(6-8-15)11-14(17)12-16-9-3-2-4-10-16/h5-8,14,17H,2-4,9-12H2,1H3/t14-/m0/s1. The molecule has 0 saturated carbocycles. The number of methoxy groups -OCH3 is 1. The Morgan fingerprint density at radius 1 is 1.17 bits per heavy atom. The second kappa shape index (κ2) is 6.76. The average Bonchev–Trinajstić information content (AvgIpc) is 2.40. The molecule has 1 aliphatic heterocycles. The zero-order valence-electron chi connectivity index (χ0n) is 11.1. The molecule has 1 heterocycles. The Labute approximate surface area is 109 Å². The number of nitrogens with zero attached hydrogens (tertiary/aromatic N) is 1. The molecule has 100 valence electrons. The average molecular weight is 249 g/mol. The first-order valence-electron chi connectivity index (χ1n) is 6.81. The zero-order chi connectivity index (χ0) is 12.8. The van der Waals surface area contributed by atoms with E-state index in [1.807, 2.05) is 24.3 Å². The number of β-amino-alcohol motifs (C(OH)–C–C–N with tert-alkyl or cyclic N) is 1. The second-order valence-corrected chi connectivity index (χ2v) is 5.07. The van der Waals surface area contributed by atoms with Crippen molar-refractivity contribution in [3.8, 4) is 5.75 Å². The Bertz CT molecular complexity index is 344. The van der Waals surface area contributed by atoms with Crippen molar-refractivity contribution in [1.29, 1.82) is 0 Å². The highest BCUT2D eigenvalue weighted by Crippen LogP contribution is 2.14. The van der Waals surface area contributed by atoms with Crippen LogP contribution in [0.25, 0.3) is 0 Å². The highest BCUT2D eigenvalue weighted by molar-refractivity contribution is 5.27. The van der Waals surface area contributed by atoms with Gasteiger partial charge in [-0.1, -0.05) is 18.6 Å². The van der Waals surface area contributed by atoms with Crippen LogP contribution in [0.15, 0.2) is 24.3 Å².